The Bertz CT molecular complexity index is 907. The minimum atomic E-state index is -0.109. The van der Waals surface area contributed by atoms with E-state index in [0.717, 1.165) is 27.9 Å². The first kappa shape index (κ1) is 15.6. The number of hydrogen-bond acceptors (Lipinski definition) is 2. The van der Waals surface area contributed by atoms with Gasteiger partial charge in [-0.1, -0.05) is 17.7 Å². The number of aromatic nitrogens is 3. The summed E-state index contributed by atoms with van der Waals surface area (Å²) in [4.78, 5) is 12.5. The number of rotatable bonds is 3. The molecule has 0 aliphatic rings. The Morgan fingerprint density at radius 1 is 1.26 bits per heavy atom. The van der Waals surface area contributed by atoms with Crippen LogP contribution in [0, 0.1) is 13.8 Å². The number of halogens is 1. The zero-order valence-corrected chi connectivity index (χ0v) is 14.4. The molecule has 1 amide bonds. The van der Waals surface area contributed by atoms with Crippen molar-refractivity contribution in [2.45, 2.75) is 20.4 Å². The van der Waals surface area contributed by atoms with Crippen molar-refractivity contribution in [2.24, 2.45) is 14.1 Å². The Labute approximate surface area is 139 Å². The predicted octanol–water partition coefficient (Wildman–Crippen LogP) is 3.11. The van der Waals surface area contributed by atoms with Crippen molar-refractivity contribution >= 4 is 28.4 Å². The van der Waals surface area contributed by atoms with Crippen LogP contribution in [0.2, 0.25) is 5.02 Å². The third-order valence-electron chi connectivity index (χ3n) is 4.32. The summed E-state index contributed by atoms with van der Waals surface area (Å²) >= 11 is 6.03. The Hall–Kier alpha value is -2.27. The summed E-state index contributed by atoms with van der Waals surface area (Å²) in [6.45, 7) is 4.42. The molecular weight excluding hydrogens is 312 g/mol. The van der Waals surface area contributed by atoms with Gasteiger partial charge in [0.15, 0.2) is 0 Å². The Morgan fingerprint density at radius 2 is 2.00 bits per heavy atom. The zero-order valence-electron chi connectivity index (χ0n) is 13.6. The fraction of sp³-hybridized carbons (Fsp3) is 0.294. The van der Waals surface area contributed by atoms with E-state index in [0.29, 0.717) is 17.3 Å². The lowest BCUT2D eigenvalue weighted by Crippen LogP contribution is -2.25. The number of benzene rings is 1. The highest BCUT2D eigenvalue weighted by molar-refractivity contribution is 6.31. The maximum absolute atomic E-state index is 12.5. The van der Waals surface area contributed by atoms with Crippen LogP contribution >= 0.6 is 11.6 Å². The van der Waals surface area contributed by atoms with Crippen LogP contribution in [0.4, 0.5) is 0 Å². The van der Waals surface area contributed by atoms with Gasteiger partial charge >= 0.3 is 0 Å². The molecule has 3 rings (SSSR count). The van der Waals surface area contributed by atoms with Gasteiger partial charge < -0.3 is 9.88 Å². The highest BCUT2D eigenvalue weighted by Gasteiger charge is 2.15. The number of amides is 1. The van der Waals surface area contributed by atoms with E-state index in [9.17, 15) is 4.79 Å². The van der Waals surface area contributed by atoms with Gasteiger partial charge in [0.05, 0.1) is 5.69 Å². The number of carbonyl (C=O) groups excluding carboxylic acids is 1. The number of nitrogens with one attached hydrogen (secondary N) is 1. The van der Waals surface area contributed by atoms with Gasteiger partial charge in [-0.25, -0.2) is 0 Å². The molecule has 1 N–H and O–H groups in total. The van der Waals surface area contributed by atoms with Crippen molar-refractivity contribution in [1.82, 2.24) is 19.7 Å². The maximum Gasteiger partial charge on any atom is 0.268 e. The second kappa shape index (κ2) is 5.74. The molecule has 5 nitrogen and oxygen atoms in total. The second-order valence-electron chi connectivity index (χ2n) is 5.75. The third kappa shape index (κ3) is 2.72. The summed E-state index contributed by atoms with van der Waals surface area (Å²) in [6.07, 6.45) is 0. The van der Waals surface area contributed by atoms with E-state index in [1.54, 1.807) is 0 Å². The molecule has 0 atom stereocenters. The summed E-state index contributed by atoms with van der Waals surface area (Å²) in [6, 6.07) is 7.49. The standard InChI is InChI=1S/C17H19ClN4O/c1-10-14(11(2)22(4)20-10)9-19-17(23)16-7-12-5-6-13(18)8-15(12)21(16)3/h5-8H,9H2,1-4H3,(H,19,23). The predicted molar refractivity (Wildman–Crippen MR) is 91.8 cm³/mol. The number of carbonyl (C=O) groups is 1. The van der Waals surface area contributed by atoms with Crippen molar-refractivity contribution in [2.75, 3.05) is 0 Å². The molecule has 0 unspecified atom stereocenters. The molecule has 6 heteroatoms. The SMILES string of the molecule is Cc1nn(C)c(C)c1CNC(=O)c1cc2ccc(Cl)cc2n1C. The molecule has 0 aliphatic heterocycles. The van der Waals surface area contributed by atoms with Crippen molar-refractivity contribution in [1.29, 1.82) is 0 Å². The fourth-order valence-electron chi connectivity index (χ4n) is 2.85. The van der Waals surface area contributed by atoms with E-state index in [-0.39, 0.29) is 5.91 Å². The van der Waals surface area contributed by atoms with E-state index in [4.69, 9.17) is 11.6 Å². The van der Waals surface area contributed by atoms with Crippen LogP contribution in [-0.2, 0) is 20.6 Å². The smallest absolute Gasteiger partial charge is 0.268 e. The molecule has 0 saturated heterocycles. The molecule has 3 aromatic rings. The molecule has 0 aliphatic carbocycles. The molecule has 23 heavy (non-hydrogen) atoms. The average molecular weight is 331 g/mol. The topological polar surface area (TPSA) is 51.9 Å². The monoisotopic (exact) mass is 330 g/mol. The van der Waals surface area contributed by atoms with Gasteiger partial charge in [0.1, 0.15) is 5.69 Å². The first-order valence-corrected chi connectivity index (χ1v) is 7.78. The van der Waals surface area contributed by atoms with E-state index in [1.807, 2.05) is 61.5 Å². The van der Waals surface area contributed by atoms with Gasteiger partial charge in [-0.15, -0.1) is 0 Å². The van der Waals surface area contributed by atoms with Crippen molar-refractivity contribution < 1.29 is 4.79 Å². The number of hydrogen-bond donors (Lipinski definition) is 1. The minimum absolute atomic E-state index is 0.109. The molecule has 0 radical (unpaired) electrons. The molecule has 120 valence electrons. The second-order valence-corrected chi connectivity index (χ2v) is 6.18. The summed E-state index contributed by atoms with van der Waals surface area (Å²) in [5.74, 6) is -0.109. The lowest BCUT2D eigenvalue weighted by Gasteiger charge is -2.07. The molecule has 0 bridgehead atoms. The highest BCUT2D eigenvalue weighted by atomic mass is 35.5. The van der Waals surface area contributed by atoms with Crippen molar-refractivity contribution in [3.8, 4) is 0 Å². The quantitative estimate of drug-likeness (QED) is 0.802. The van der Waals surface area contributed by atoms with Gasteiger partial charge in [0, 0.05) is 47.8 Å². The normalized spacial score (nSPS) is 11.2. The third-order valence-corrected chi connectivity index (χ3v) is 4.56. The summed E-state index contributed by atoms with van der Waals surface area (Å²) in [7, 11) is 3.77. The van der Waals surface area contributed by atoms with Gasteiger partial charge in [0.25, 0.3) is 5.91 Å². The molecule has 0 spiro atoms. The van der Waals surface area contributed by atoms with Crippen LogP contribution in [0.1, 0.15) is 27.4 Å². The molecule has 2 heterocycles. The van der Waals surface area contributed by atoms with Crippen LogP contribution in [0.5, 0.6) is 0 Å². The molecule has 0 saturated carbocycles. The Balaban J connectivity index is 1.85. The molecule has 1 aromatic carbocycles. The molecule has 2 aromatic heterocycles. The first-order valence-electron chi connectivity index (χ1n) is 7.40. The van der Waals surface area contributed by atoms with Crippen LogP contribution in [0.15, 0.2) is 24.3 Å². The Morgan fingerprint density at radius 3 is 2.65 bits per heavy atom. The van der Waals surface area contributed by atoms with Crippen LogP contribution in [-0.4, -0.2) is 20.3 Å². The van der Waals surface area contributed by atoms with Gasteiger partial charge in [-0.3, -0.25) is 9.48 Å². The number of fused-ring (bicyclic) bond motifs is 1. The van der Waals surface area contributed by atoms with Gasteiger partial charge in [0.2, 0.25) is 0 Å². The molecular formula is C17H19ClN4O. The van der Waals surface area contributed by atoms with E-state index >= 15 is 0 Å². The minimum Gasteiger partial charge on any atom is -0.347 e. The van der Waals surface area contributed by atoms with E-state index < -0.39 is 0 Å². The van der Waals surface area contributed by atoms with Crippen LogP contribution < -0.4 is 5.32 Å². The lowest BCUT2D eigenvalue weighted by atomic mass is 10.2. The Kier molecular flexibility index (Phi) is 3.90. The first-order chi connectivity index (χ1) is 10.9. The number of aryl methyl sites for hydroxylation is 3. The van der Waals surface area contributed by atoms with E-state index in [1.165, 1.54) is 0 Å². The van der Waals surface area contributed by atoms with Gasteiger partial charge in [-0.05, 0) is 32.0 Å². The van der Waals surface area contributed by atoms with Gasteiger partial charge in [-0.2, -0.15) is 5.10 Å². The highest BCUT2D eigenvalue weighted by Crippen LogP contribution is 2.22. The molecule has 0 fully saturated rings. The average Bonchev–Trinajstić information content (AvgIpc) is 2.95. The van der Waals surface area contributed by atoms with Crippen LogP contribution in [0.25, 0.3) is 10.9 Å². The van der Waals surface area contributed by atoms with E-state index in [2.05, 4.69) is 10.4 Å². The summed E-state index contributed by atoms with van der Waals surface area (Å²) in [5.41, 5.74) is 4.61. The number of nitrogens with zero attached hydrogens (tertiary/aromatic N) is 3. The van der Waals surface area contributed by atoms with Crippen LogP contribution in [0.3, 0.4) is 0 Å². The van der Waals surface area contributed by atoms with Crippen molar-refractivity contribution in [3.05, 3.63) is 51.9 Å². The maximum atomic E-state index is 12.5. The van der Waals surface area contributed by atoms with Crippen molar-refractivity contribution in [3.63, 3.8) is 0 Å². The fourth-order valence-corrected chi connectivity index (χ4v) is 3.02. The largest absolute Gasteiger partial charge is 0.347 e. The summed E-state index contributed by atoms with van der Waals surface area (Å²) in [5, 5.41) is 9.00. The zero-order chi connectivity index (χ0) is 16.7. The summed E-state index contributed by atoms with van der Waals surface area (Å²) < 4.78 is 3.69. The lowest BCUT2D eigenvalue weighted by molar-refractivity contribution is 0.0943.